The molecule has 2 heterocycles. The molecule has 4 rings (SSSR count). The lowest BCUT2D eigenvalue weighted by molar-refractivity contribution is -0.122. The molecule has 0 unspecified atom stereocenters. The van der Waals surface area contributed by atoms with Crippen LogP contribution in [-0.4, -0.2) is 44.7 Å². The van der Waals surface area contributed by atoms with Crippen LogP contribution in [-0.2, 0) is 17.9 Å². The second kappa shape index (κ2) is 10.5. The van der Waals surface area contributed by atoms with E-state index in [4.69, 9.17) is 23.2 Å². The lowest BCUT2D eigenvalue weighted by Crippen LogP contribution is -2.45. The van der Waals surface area contributed by atoms with Crippen molar-refractivity contribution in [2.24, 2.45) is 0 Å². The predicted molar refractivity (Wildman–Crippen MR) is 128 cm³/mol. The van der Waals surface area contributed by atoms with E-state index in [9.17, 15) is 4.79 Å². The Balaban J connectivity index is 1.29. The van der Waals surface area contributed by atoms with E-state index in [1.807, 2.05) is 41.9 Å². The third-order valence-corrected chi connectivity index (χ3v) is 6.46. The fourth-order valence-electron chi connectivity index (χ4n) is 4.01. The summed E-state index contributed by atoms with van der Waals surface area (Å²) in [4.78, 5) is 19.3. The molecule has 8 heteroatoms. The summed E-state index contributed by atoms with van der Waals surface area (Å²) in [7, 11) is 0. The van der Waals surface area contributed by atoms with Gasteiger partial charge in [0.2, 0.25) is 5.91 Å². The van der Waals surface area contributed by atoms with E-state index in [1.165, 1.54) is 5.56 Å². The monoisotopic (exact) mass is 471 g/mol. The molecular weight excluding hydrogens is 445 g/mol. The summed E-state index contributed by atoms with van der Waals surface area (Å²) < 4.78 is 1.91. The Kier molecular flexibility index (Phi) is 7.45. The van der Waals surface area contributed by atoms with Gasteiger partial charge in [-0.05, 0) is 49.9 Å². The van der Waals surface area contributed by atoms with Crippen molar-refractivity contribution < 1.29 is 4.79 Å². The molecule has 1 aliphatic rings. The second-order valence-corrected chi connectivity index (χ2v) is 9.01. The summed E-state index contributed by atoms with van der Waals surface area (Å²) in [5.41, 5.74) is 2.08. The Morgan fingerprint density at radius 1 is 1.09 bits per heavy atom. The zero-order chi connectivity index (χ0) is 22.5. The van der Waals surface area contributed by atoms with E-state index in [0.29, 0.717) is 29.0 Å². The summed E-state index contributed by atoms with van der Waals surface area (Å²) in [6.45, 7) is 4.31. The van der Waals surface area contributed by atoms with Gasteiger partial charge in [0.15, 0.2) is 5.82 Å². The Labute approximate surface area is 198 Å². The number of likely N-dealkylation sites (tertiary alicyclic amines) is 1. The smallest absolute Gasteiger partial charge is 0.220 e. The van der Waals surface area contributed by atoms with E-state index < -0.39 is 0 Å². The van der Waals surface area contributed by atoms with Crippen LogP contribution in [0.25, 0.3) is 11.4 Å². The number of carbonyl (C=O) groups is 1. The van der Waals surface area contributed by atoms with E-state index >= 15 is 0 Å². The second-order valence-electron chi connectivity index (χ2n) is 8.20. The molecule has 2 aromatic carbocycles. The Bertz CT molecular complexity index is 1060. The molecule has 0 saturated carbocycles. The molecular formula is C24H27Cl2N5O. The molecule has 0 spiro atoms. The summed E-state index contributed by atoms with van der Waals surface area (Å²) >= 11 is 12.3. The van der Waals surface area contributed by atoms with Gasteiger partial charge in [-0.2, -0.15) is 5.10 Å². The Morgan fingerprint density at radius 3 is 2.56 bits per heavy atom. The highest BCUT2D eigenvalue weighted by atomic mass is 35.5. The molecule has 0 atom stereocenters. The molecule has 0 radical (unpaired) electrons. The number of nitrogens with zero attached hydrogens (tertiary/aromatic N) is 4. The van der Waals surface area contributed by atoms with Crippen LogP contribution in [0.3, 0.4) is 0 Å². The van der Waals surface area contributed by atoms with E-state index in [1.54, 1.807) is 6.07 Å². The molecule has 1 fully saturated rings. The third-order valence-electron chi connectivity index (χ3n) is 5.73. The number of benzene rings is 2. The number of amides is 1. The number of hydrogen-bond acceptors (Lipinski definition) is 4. The maximum Gasteiger partial charge on any atom is 0.220 e. The van der Waals surface area contributed by atoms with Crippen molar-refractivity contribution in [3.63, 3.8) is 0 Å². The normalized spacial score (nSPS) is 15.1. The minimum absolute atomic E-state index is 0.126. The summed E-state index contributed by atoms with van der Waals surface area (Å²) in [5, 5.41) is 8.79. The predicted octanol–water partition coefficient (Wildman–Crippen LogP) is 4.73. The maximum atomic E-state index is 12.3. The van der Waals surface area contributed by atoms with Gasteiger partial charge in [0, 0.05) is 31.1 Å². The van der Waals surface area contributed by atoms with E-state index in [-0.39, 0.29) is 11.9 Å². The highest BCUT2D eigenvalue weighted by Gasteiger charge is 2.22. The van der Waals surface area contributed by atoms with Gasteiger partial charge in [-0.1, -0.05) is 53.5 Å². The first-order chi connectivity index (χ1) is 15.5. The van der Waals surface area contributed by atoms with Crippen LogP contribution < -0.4 is 5.32 Å². The van der Waals surface area contributed by atoms with Crippen LogP contribution in [0.15, 0.2) is 48.5 Å². The van der Waals surface area contributed by atoms with Crippen LogP contribution in [0.4, 0.5) is 0 Å². The van der Waals surface area contributed by atoms with Crippen LogP contribution in [0, 0.1) is 6.92 Å². The first kappa shape index (κ1) is 22.8. The molecule has 1 N–H and O–H groups in total. The van der Waals surface area contributed by atoms with Crippen molar-refractivity contribution in [2.75, 3.05) is 13.1 Å². The number of carbonyl (C=O) groups excluding carboxylic acids is 1. The van der Waals surface area contributed by atoms with Gasteiger partial charge in [0.05, 0.1) is 16.7 Å². The van der Waals surface area contributed by atoms with E-state index in [0.717, 1.165) is 43.7 Å². The molecule has 32 heavy (non-hydrogen) atoms. The third kappa shape index (κ3) is 5.88. The number of aromatic nitrogens is 3. The van der Waals surface area contributed by atoms with Crippen LogP contribution in [0.5, 0.6) is 0 Å². The number of aryl methyl sites for hydroxylation is 2. The molecule has 1 aromatic heterocycles. The zero-order valence-corrected chi connectivity index (χ0v) is 19.6. The van der Waals surface area contributed by atoms with Crippen molar-refractivity contribution in [2.45, 2.75) is 45.3 Å². The molecule has 1 aliphatic heterocycles. The number of nitrogens with one attached hydrogen (secondary N) is 1. The zero-order valence-electron chi connectivity index (χ0n) is 18.1. The standard InChI is InChI=1S/C24H27Cl2N5O/c1-17-27-24(19-8-9-21(25)22(26)15-19)31(29-17)16-30-13-11-20(12-14-30)28-23(32)10-7-18-5-3-2-4-6-18/h2-6,8-9,15,20H,7,10-14,16H2,1H3,(H,28,32). The van der Waals surface area contributed by atoms with Gasteiger partial charge < -0.3 is 5.32 Å². The van der Waals surface area contributed by atoms with Gasteiger partial charge in [-0.3, -0.25) is 9.69 Å². The van der Waals surface area contributed by atoms with Gasteiger partial charge >= 0.3 is 0 Å². The average Bonchev–Trinajstić information content (AvgIpc) is 3.16. The topological polar surface area (TPSA) is 63.1 Å². The number of halogens is 2. The highest BCUT2D eigenvalue weighted by molar-refractivity contribution is 6.42. The minimum Gasteiger partial charge on any atom is -0.353 e. The van der Waals surface area contributed by atoms with Crippen molar-refractivity contribution in [3.05, 3.63) is 70.0 Å². The molecule has 168 valence electrons. The summed E-state index contributed by atoms with van der Waals surface area (Å²) in [5.74, 6) is 1.62. The quantitative estimate of drug-likeness (QED) is 0.540. The molecule has 0 bridgehead atoms. The number of rotatable bonds is 7. The Morgan fingerprint density at radius 2 is 1.84 bits per heavy atom. The fourth-order valence-corrected chi connectivity index (χ4v) is 4.31. The molecule has 3 aromatic rings. The van der Waals surface area contributed by atoms with E-state index in [2.05, 4.69) is 32.4 Å². The lowest BCUT2D eigenvalue weighted by atomic mass is 10.0. The largest absolute Gasteiger partial charge is 0.353 e. The van der Waals surface area contributed by atoms with Crippen molar-refractivity contribution in [1.82, 2.24) is 25.0 Å². The molecule has 1 amide bonds. The summed E-state index contributed by atoms with van der Waals surface area (Å²) in [6.07, 6.45) is 3.14. The lowest BCUT2D eigenvalue weighted by Gasteiger charge is -2.32. The van der Waals surface area contributed by atoms with Gasteiger partial charge in [0.25, 0.3) is 0 Å². The molecule has 0 aliphatic carbocycles. The first-order valence-corrected chi connectivity index (χ1v) is 11.7. The van der Waals surface area contributed by atoms with Crippen LogP contribution in [0.2, 0.25) is 10.0 Å². The summed E-state index contributed by atoms with van der Waals surface area (Å²) in [6, 6.07) is 15.9. The fraction of sp³-hybridized carbons (Fsp3) is 0.375. The van der Waals surface area contributed by atoms with Gasteiger partial charge in [0.1, 0.15) is 5.82 Å². The van der Waals surface area contributed by atoms with Crippen molar-refractivity contribution in [1.29, 1.82) is 0 Å². The Hall–Kier alpha value is -2.41. The van der Waals surface area contributed by atoms with Crippen molar-refractivity contribution >= 4 is 29.1 Å². The SMILES string of the molecule is Cc1nc(-c2ccc(Cl)c(Cl)c2)n(CN2CCC(NC(=O)CCc3ccccc3)CC2)n1. The molecule has 1 saturated heterocycles. The van der Waals surface area contributed by atoms with Crippen LogP contribution in [0.1, 0.15) is 30.7 Å². The minimum atomic E-state index is 0.126. The maximum absolute atomic E-state index is 12.3. The molecule has 6 nitrogen and oxygen atoms in total. The highest BCUT2D eigenvalue weighted by Crippen LogP contribution is 2.28. The van der Waals surface area contributed by atoms with Crippen LogP contribution >= 0.6 is 23.2 Å². The number of piperidine rings is 1. The van der Waals surface area contributed by atoms with Gasteiger partial charge in [-0.15, -0.1) is 0 Å². The van der Waals surface area contributed by atoms with Gasteiger partial charge in [-0.25, -0.2) is 9.67 Å². The van der Waals surface area contributed by atoms with Crippen molar-refractivity contribution in [3.8, 4) is 11.4 Å². The first-order valence-electron chi connectivity index (χ1n) is 10.9. The number of hydrogen-bond donors (Lipinski definition) is 1. The average molecular weight is 472 g/mol.